The monoisotopic (exact) mass is 293 g/mol. The molecule has 1 aromatic rings. The van der Waals surface area contributed by atoms with Crippen molar-refractivity contribution in [2.24, 2.45) is 5.73 Å². The van der Waals surface area contributed by atoms with Gasteiger partial charge in [-0.25, -0.2) is 0 Å². The molecule has 5 nitrogen and oxygen atoms in total. The zero-order valence-electron chi connectivity index (χ0n) is 9.81. The number of nitrogens with two attached hydrogens (primary N) is 2. The predicted octanol–water partition coefficient (Wildman–Crippen LogP) is 1.72. The molecule has 0 radical (unpaired) electrons. The van der Waals surface area contributed by atoms with Crippen LogP contribution in [0.2, 0.25) is 0 Å². The molecular weight excluding hydrogens is 282 g/mol. The molecule has 0 aliphatic carbocycles. The van der Waals surface area contributed by atoms with Gasteiger partial charge in [-0.3, -0.25) is 0 Å². The van der Waals surface area contributed by atoms with E-state index in [1.807, 2.05) is 24.4 Å². The maximum atomic E-state index is 9.17. The number of nitriles is 1. The molecule has 1 aromatic carbocycles. The first kappa shape index (κ1) is 13.6. The van der Waals surface area contributed by atoms with Gasteiger partial charge in [0.2, 0.25) is 0 Å². The molecule has 1 atom stereocenters. The Labute approximate surface area is 121 Å². The highest BCUT2D eigenvalue weighted by atomic mass is 35.5. The molecule has 2 aliphatic rings. The highest BCUT2D eigenvalue weighted by molar-refractivity contribution is 8.03. The van der Waals surface area contributed by atoms with Crippen molar-refractivity contribution in [2.75, 3.05) is 11.1 Å². The number of anilines is 2. The maximum absolute atomic E-state index is 9.17. The van der Waals surface area contributed by atoms with Gasteiger partial charge in [-0.05, 0) is 18.2 Å². The van der Waals surface area contributed by atoms with Gasteiger partial charge >= 0.3 is 0 Å². The molecular formula is C12H12ClN5S. The summed E-state index contributed by atoms with van der Waals surface area (Å²) in [6, 6.07) is 7.79. The fourth-order valence-corrected chi connectivity index (χ4v) is 2.97. The van der Waals surface area contributed by atoms with Crippen LogP contribution in [-0.4, -0.2) is 6.17 Å². The second-order valence-electron chi connectivity index (χ2n) is 4.04. The number of benzene rings is 1. The lowest BCUT2D eigenvalue weighted by Crippen LogP contribution is -2.40. The number of fused-ring (bicyclic) bond motifs is 2. The second kappa shape index (κ2) is 5.05. The quantitative estimate of drug-likeness (QED) is 0.544. The minimum atomic E-state index is -0.461. The van der Waals surface area contributed by atoms with Crippen LogP contribution < -0.4 is 22.1 Å². The predicted molar refractivity (Wildman–Crippen MR) is 79.4 cm³/mol. The Bertz CT molecular complexity index is 631. The van der Waals surface area contributed by atoms with Crippen LogP contribution in [0.5, 0.6) is 0 Å². The summed E-state index contributed by atoms with van der Waals surface area (Å²) in [7, 11) is 0. The minimum Gasteiger partial charge on any atom is -0.399 e. The number of rotatable bonds is 0. The van der Waals surface area contributed by atoms with Gasteiger partial charge < -0.3 is 22.1 Å². The first-order valence-corrected chi connectivity index (χ1v) is 6.21. The number of nitrogens with one attached hydrogen (secondary N) is 2. The van der Waals surface area contributed by atoms with Crippen molar-refractivity contribution in [3.05, 3.63) is 40.6 Å². The minimum absolute atomic E-state index is 0. The number of halogens is 1. The van der Waals surface area contributed by atoms with E-state index in [9.17, 15) is 0 Å². The van der Waals surface area contributed by atoms with Crippen molar-refractivity contribution < 1.29 is 0 Å². The summed E-state index contributed by atoms with van der Waals surface area (Å²) >= 11 is 1.57. The van der Waals surface area contributed by atoms with Gasteiger partial charge in [0.1, 0.15) is 12.2 Å². The van der Waals surface area contributed by atoms with E-state index in [1.54, 1.807) is 11.8 Å². The Balaban J connectivity index is 0.00000133. The highest BCUT2D eigenvalue weighted by Crippen LogP contribution is 2.44. The molecule has 0 saturated heterocycles. The van der Waals surface area contributed by atoms with Crippen LogP contribution in [0.15, 0.2) is 45.5 Å². The van der Waals surface area contributed by atoms with E-state index in [0.717, 1.165) is 26.9 Å². The van der Waals surface area contributed by atoms with E-state index in [0.29, 0.717) is 5.57 Å². The van der Waals surface area contributed by atoms with Crippen LogP contribution >= 0.6 is 24.2 Å². The fourth-order valence-electron chi connectivity index (χ4n) is 1.92. The third-order valence-electron chi connectivity index (χ3n) is 2.83. The summed E-state index contributed by atoms with van der Waals surface area (Å²) in [5, 5.41) is 15.4. The van der Waals surface area contributed by atoms with E-state index in [1.165, 1.54) is 0 Å². The summed E-state index contributed by atoms with van der Waals surface area (Å²) in [6.45, 7) is 0. The summed E-state index contributed by atoms with van der Waals surface area (Å²) in [5.74, 6) is 0. The van der Waals surface area contributed by atoms with E-state index in [2.05, 4.69) is 16.7 Å². The molecule has 0 spiro atoms. The zero-order valence-corrected chi connectivity index (χ0v) is 11.4. The summed E-state index contributed by atoms with van der Waals surface area (Å²) < 4.78 is 0. The van der Waals surface area contributed by atoms with Gasteiger partial charge in [0.15, 0.2) is 0 Å². The topological polar surface area (TPSA) is 99.9 Å². The van der Waals surface area contributed by atoms with Crippen LogP contribution in [0.25, 0.3) is 0 Å². The van der Waals surface area contributed by atoms with Crippen LogP contribution in [0.4, 0.5) is 11.4 Å². The van der Waals surface area contributed by atoms with Crippen molar-refractivity contribution in [2.45, 2.75) is 11.1 Å². The number of nitrogen functional groups attached to an aromatic ring is 1. The maximum Gasteiger partial charge on any atom is 0.113 e. The average molecular weight is 294 g/mol. The SMILES string of the molecule is Cl.N#CC1=C2Nc3ccc(N)cc3SC2=CNC1N. The molecule has 2 heterocycles. The lowest BCUT2D eigenvalue weighted by molar-refractivity contribution is 0.695. The Kier molecular flexibility index (Phi) is 3.62. The molecule has 0 saturated carbocycles. The van der Waals surface area contributed by atoms with Gasteiger partial charge in [-0.1, -0.05) is 11.8 Å². The van der Waals surface area contributed by atoms with Crippen LogP contribution in [-0.2, 0) is 0 Å². The molecule has 7 heteroatoms. The first-order chi connectivity index (χ1) is 8.69. The molecule has 0 amide bonds. The highest BCUT2D eigenvalue weighted by Gasteiger charge is 2.27. The lowest BCUT2D eigenvalue weighted by atomic mass is 10.1. The Morgan fingerprint density at radius 1 is 1.37 bits per heavy atom. The van der Waals surface area contributed by atoms with Crippen LogP contribution in [0, 0.1) is 11.3 Å². The molecule has 98 valence electrons. The van der Waals surface area contributed by atoms with Crippen molar-refractivity contribution in [3.63, 3.8) is 0 Å². The number of thioether (sulfide) groups is 1. The molecule has 0 fully saturated rings. The Morgan fingerprint density at radius 2 is 2.16 bits per heavy atom. The van der Waals surface area contributed by atoms with Gasteiger partial charge in [0.25, 0.3) is 0 Å². The van der Waals surface area contributed by atoms with Gasteiger partial charge in [0, 0.05) is 16.8 Å². The van der Waals surface area contributed by atoms with E-state index < -0.39 is 6.17 Å². The summed E-state index contributed by atoms with van der Waals surface area (Å²) in [4.78, 5) is 1.99. The summed E-state index contributed by atoms with van der Waals surface area (Å²) in [6.07, 6.45) is 1.36. The smallest absolute Gasteiger partial charge is 0.113 e. The molecule has 3 rings (SSSR count). The van der Waals surface area contributed by atoms with Crippen molar-refractivity contribution in [1.29, 1.82) is 5.26 Å². The van der Waals surface area contributed by atoms with Gasteiger partial charge in [0.05, 0.1) is 21.9 Å². The molecule has 0 aromatic heterocycles. The molecule has 2 aliphatic heterocycles. The van der Waals surface area contributed by atoms with Crippen LogP contribution in [0.1, 0.15) is 0 Å². The van der Waals surface area contributed by atoms with E-state index in [-0.39, 0.29) is 12.4 Å². The van der Waals surface area contributed by atoms with E-state index in [4.69, 9.17) is 16.7 Å². The number of dihydropyridines is 1. The van der Waals surface area contributed by atoms with E-state index >= 15 is 0 Å². The molecule has 0 bridgehead atoms. The molecule has 19 heavy (non-hydrogen) atoms. The van der Waals surface area contributed by atoms with Gasteiger partial charge in [-0.15, -0.1) is 12.4 Å². The molecule has 6 N–H and O–H groups in total. The van der Waals surface area contributed by atoms with Crippen molar-refractivity contribution in [3.8, 4) is 6.07 Å². The average Bonchev–Trinajstić information content (AvgIpc) is 2.36. The summed E-state index contributed by atoms with van der Waals surface area (Å²) in [5.41, 5.74) is 14.6. The first-order valence-electron chi connectivity index (χ1n) is 5.40. The largest absolute Gasteiger partial charge is 0.399 e. The molecule has 1 unspecified atom stereocenters. The second-order valence-corrected chi connectivity index (χ2v) is 5.12. The van der Waals surface area contributed by atoms with Gasteiger partial charge in [-0.2, -0.15) is 5.26 Å². The normalized spacial score (nSPS) is 19.8. The lowest BCUT2D eigenvalue weighted by Gasteiger charge is -2.29. The third-order valence-corrected chi connectivity index (χ3v) is 3.93. The Morgan fingerprint density at radius 3 is 2.89 bits per heavy atom. The third kappa shape index (κ3) is 2.24. The van der Waals surface area contributed by atoms with Crippen LogP contribution in [0.3, 0.4) is 0 Å². The number of nitrogens with zero attached hydrogens (tertiary/aromatic N) is 1. The number of hydrogen-bond donors (Lipinski definition) is 4. The van der Waals surface area contributed by atoms with Crippen molar-refractivity contribution >= 4 is 35.5 Å². The number of hydrogen-bond acceptors (Lipinski definition) is 6. The fraction of sp³-hybridized carbons (Fsp3) is 0.0833. The Hall–Kier alpha value is -1.81. The van der Waals surface area contributed by atoms with Crippen molar-refractivity contribution in [1.82, 2.24) is 5.32 Å². The zero-order chi connectivity index (χ0) is 12.7. The standard InChI is InChI=1S/C12H11N5S.ClH/c13-4-7-11-10(5-16-12(7)15)18-9-3-6(14)1-2-8(9)17-11;/h1-3,5,12,16-17H,14-15H2;1H.